The molecule has 0 spiro atoms. The Labute approximate surface area is 164 Å². The highest BCUT2D eigenvalue weighted by molar-refractivity contribution is 6.04. The minimum atomic E-state index is -0.614. The summed E-state index contributed by atoms with van der Waals surface area (Å²) in [5, 5.41) is 7.60. The monoisotopic (exact) mass is 381 g/mol. The molecule has 4 bridgehead atoms. The molecule has 1 saturated heterocycles. The molecule has 28 heavy (non-hydrogen) atoms. The Morgan fingerprint density at radius 1 is 1.00 bits per heavy atom. The van der Waals surface area contributed by atoms with E-state index in [9.17, 15) is 14.4 Å². The lowest BCUT2D eigenvalue weighted by atomic mass is 9.48. The molecule has 1 aliphatic heterocycles. The third kappa shape index (κ3) is 3.19. The van der Waals surface area contributed by atoms with E-state index >= 15 is 0 Å². The lowest BCUT2D eigenvalue weighted by Crippen LogP contribution is -2.48. The average molecular weight is 381 g/mol. The number of amides is 4. The smallest absolute Gasteiger partial charge is 0.322 e. The van der Waals surface area contributed by atoms with Crippen LogP contribution < -0.4 is 16.0 Å². The number of benzene rings is 1. The van der Waals surface area contributed by atoms with Crippen LogP contribution in [0.2, 0.25) is 0 Å². The molecule has 6 heteroatoms. The Bertz CT molecular complexity index is 782. The van der Waals surface area contributed by atoms with Gasteiger partial charge in [0.25, 0.3) is 5.91 Å². The van der Waals surface area contributed by atoms with E-state index in [1.165, 1.54) is 44.1 Å². The Morgan fingerprint density at radius 2 is 1.61 bits per heavy atom. The molecular weight excluding hydrogens is 354 g/mol. The quantitative estimate of drug-likeness (QED) is 0.685. The van der Waals surface area contributed by atoms with Crippen LogP contribution in [0.15, 0.2) is 24.3 Å². The largest absolute Gasteiger partial charge is 0.326 e. The first-order chi connectivity index (χ1) is 13.5. The molecule has 4 amide bonds. The van der Waals surface area contributed by atoms with Crippen molar-refractivity contribution in [1.82, 2.24) is 10.6 Å². The van der Waals surface area contributed by atoms with Gasteiger partial charge in [0, 0.05) is 12.1 Å². The highest BCUT2D eigenvalue weighted by Crippen LogP contribution is 2.60. The van der Waals surface area contributed by atoms with Crippen molar-refractivity contribution in [3.63, 3.8) is 0 Å². The van der Waals surface area contributed by atoms with Crippen LogP contribution in [-0.4, -0.2) is 23.9 Å². The van der Waals surface area contributed by atoms with Gasteiger partial charge in [-0.3, -0.25) is 14.9 Å². The zero-order chi connectivity index (χ0) is 19.3. The Morgan fingerprint density at radius 3 is 2.14 bits per heavy atom. The van der Waals surface area contributed by atoms with Gasteiger partial charge in [-0.05, 0) is 85.8 Å². The fraction of sp³-hybridized carbons (Fsp3) is 0.591. The summed E-state index contributed by atoms with van der Waals surface area (Å²) in [6, 6.07) is 7.32. The molecule has 1 aromatic rings. The van der Waals surface area contributed by atoms with Crippen LogP contribution in [0.25, 0.3) is 0 Å². The molecule has 3 N–H and O–H groups in total. The van der Waals surface area contributed by atoms with E-state index in [1.54, 1.807) is 0 Å². The topological polar surface area (TPSA) is 87.3 Å². The van der Waals surface area contributed by atoms with Gasteiger partial charge in [0.2, 0.25) is 5.91 Å². The van der Waals surface area contributed by atoms with Crippen molar-refractivity contribution in [3.05, 3.63) is 29.8 Å². The van der Waals surface area contributed by atoms with Crippen molar-refractivity contribution < 1.29 is 14.4 Å². The van der Waals surface area contributed by atoms with E-state index in [4.69, 9.17) is 0 Å². The first kappa shape index (κ1) is 17.7. The van der Waals surface area contributed by atoms with Gasteiger partial charge in [-0.25, -0.2) is 4.79 Å². The van der Waals surface area contributed by atoms with E-state index in [1.807, 2.05) is 12.1 Å². The standard InChI is InChI=1S/C22H27N3O3/c26-19(6-5-18-20(27)25-21(28)24-18)23-17-3-1-16(2-4-17)22-10-13-7-14(11-22)9-15(8-13)12-22/h1-4,13-15,18H,5-12H2,(H,23,26)(H2,24,25,27,28)/t13?,14?,15?,18-,22?/m1/s1. The fourth-order valence-corrected chi connectivity index (χ4v) is 6.53. The number of imide groups is 1. The Hall–Kier alpha value is -2.37. The molecule has 4 saturated carbocycles. The third-order valence-corrected chi connectivity index (χ3v) is 7.34. The first-order valence-electron chi connectivity index (χ1n) is 10.5. The maximum atomic E-state index is 12.2. The minimum absolute atomic E-state index is 0.142. The second kappa shape index (κ2) is 6.61. The second-order valence-corrected chi connectivity index (χ2v) is 9.38. The van der Waals surface area contributed by atoms with Gasteiger partial charge in [0.05, 0.1) is 0 Å². The van der Waals surface area contributed by atoms with E-state index in [2.05, 4.69) is 28.1 Å². The number of hydrogen-bond acceptors (Lipinski definition) is 3. The highest BCUT2D eigenvalue weighted by Gasteiger charge is 2.51. The Balaban J connectivity index is 1.19. The second-order valence-electron chi connectivity index (χ2n) is 9.38. The van der Waals surface area contributed by atoms with Crippen molar-refractivity contribution in [1.29, 1.82) is 0 Å². The molecule has 6 nitrogen and oxygen atoms in total. The molecule has 0 aromatic heterocycles. The van der Waals surface area contributed by atoms with Crippen molar-refractivity contribution in [2.45, 2.75) is 62.8 Å². The molecule has 4 aliphatic carbocycles. The molecular formula is C22H27N3O3. The van der Waals surface area contributed by atoms with Gasteiger partial charge in [0.15, 0.2) is 0 Å². The van der Waals surface area contributed by atoms with Gasteiger partial charge in [0.1, 0.15) is 6.04 Å². The van der Waals surface area contributed by atoms with Crippen LogP contribution in [0.1, 0.15) is 56.9 Å². The van der Waals surface area contributed by atoms with E-state index in [-0.39, 0.29) is 18.2 Å². The minimum Gasteiger partial charge on any atom is -0.326 e. The Kier molecular flexibility index (Phi) is 4.18. The summed E-state index contributed by atoms with van der Waals surface area (Å²) in [4.78, 5) is 34.9. The fourth-order valence-electron chi connectivity index (χ4n) is 6.53. The number of carbonyl (C=O) groups is 3. The number of anilines is 1. The summed E-state index contributed by atoms with van der Waals surface area (Å²) in [5.41, 5.74) is 2.60. The number of carbonyl (C=O) groups excluding carboxylic acids is 3. The molecule has 0 unspecified atom stereocenters. The molecule has 1 atom stereocenters. The van der Waals surface area contributed by atoms with Crippen molar-refractivity contribution in [2.24, 2.45) is 17.8 Å². The lowest BCUT2D eigenvalue weighted by molar-refractivity contribution is -0.120. The van der Waals surface area contributed by atoms with Crippen LogP contribution in [-0.2, 0) is 15.0 Å². The van der Waals surface area contributed by atoms with Crippen molar-refractivity contribution >= 4 is 23.5 Å². The van der Waals surface area contributed by atoms with Gasteiger partial charge in [-0.1, -0.05) is 12.1 Å². The van der Waals surface area contributed by atoms with Gasteiger partial charge in [-0.2, -0.15) is 0 Å². The normalized spacial score (nSPS) is 35.6. The number of rotatable bonds is 5. The molecule has 6 rings (SSSR count). The van der Waals surface area contributed by atoms with Crippen molar-refractivity contribution in [3.8, 4) is 0 Å². The van der Waals surface area contributed by atoms with Crippen LogP contribution in [0, 0.1) is 17.8 Å². The molecule has 5 aliphatic rings. The summed E-state index contributed by atoms with van der Waals surface area (Å²) >= 11 is 0. The first-order valence-corrected chi connectivity index (χ1v) is 10.5. The van der Waals surface area contributed by atoms with Gasteiger partial charge in [-0.15, -0.1) is 0 Å². The summed E-state index contributed by atoms with van der Waals surface area (Å²) in [6.45, 7) is 0. The summed E-state index contributed by atoms with van der Waals surface area (Å²) in [7, 11) is 0. The van der Waals surface area contributed by atoms with Crippen molar-refractivity contribution in [2.75, 3.05) is 5.32 Å². The average Bonchev–Trinajstić information content (AvgIpc) is 2.97. The van der Waals surface area contributed by atoms with Crippen LogP contribution in [0.3, 0.4) is 0 Å². The third-order valence-electron chi connectivity index (χ3n) is 7.34. The molecule has 1 heterocycles. The maximum Gasteiger partial charge on any atom is 0.322 e. The molecule has 0 radical (unpaired) electrons. The zero-order valence-corrected chi connectivity index (χ0v) is 16.0. The van der Waals surface area contributed by atoms with E-state index in [0.29, 0.717) is 11.8 Å². The summed E-state index contributed by atoms with van der Waals surface area (Å²) in [5.74, 6) is 2.24. The zero-order valence-electron chi connectivity index (χ0n) is 16.0. The number of nitrogens with one attached hydrogen (secondary N) is 3. The summed E-state index contributed by atoms with van der Waals surface area (Å²) < 4.78 is 0. The molecule has 5 fully saturated rings. The predicted molar refractivity (Wildman–Crippen MR) is 105 cm³/mol. The van der Waals surface area contributed by atoms with E-state index in [0.717, 1.165) is 23.4 Å². The van der Waals surface area contributed by atoms with Gasteiger partial charge >= 0.3 is 6.03 Å². The van der Waals surface area contributed by atoms with Gasteiger partial charge < -0.3 is 10.6 Å². The number of urea groups is 1. The van der Waals surface area contributed by atoms with Crippen LogP contribution >= 0.6 is 0 Å². The maximum absolute atomic E-state index is 12.2. The molecule has 148 valence electrons. The summed E-state index contributed by atoms with van der Waals surface area (Å²) in [6.07, 6.45) is 8.80. The lowest BCUT2D eigenvalue weighted by Gasteiger charge is -2.57. The van der Waals surface area contributed by atoms with Crippen LogP contribution in [0.5, 0.6) is 0 Å². The SMILES string of the molecule is O=C(CC[C@H]1NC(=O)NC1=O)Nc1ccc(C23CC4CC(CC(C4)C2)C3)cc1. The number of hydrogen-bond donors (Lipinski definition) is 3. The molecule has 1 aromatic carbocycles. The predicted octanol–water partition coefficient (Wildman–Crippen LogP) is 3.08. The van der Waals surface area contributed by atoms with E-state index < -0.39 is 12.1 Å². The highest BCUT2D eigenvalue weighted by atomic mass is 16.2. The van der Waals surface area contributed by atoms with Crippen LogP contribution in [0.4, 0.5) is 10.5 Å².